The van der Waals surface area contributed by atoms with E-state index in [1.807, 2.05) is 32.0 Å². The highest BCUT2D eigenvalue weighted by Gasteiger charge is 2.17. The first kappa shape index (κ1) is 11.4. The summed E-state index contributed by atoms with van der Waals surface area (Å²) in [5.74, 6) is 0.824. The SMILES string of the molecule is Cc1n[nH]nc1-c1nc(-c2cccc(N)c2C)no1. The lowest BCUT2D eigenvalue weighted by Gasteiger charge is -2.03. The molecule has 7 nitrogen and oxygen atoms in total. The zero-order valence-corrected chi connectivity index (χ0v) is 10.5. The molecule has 0 unspecified atom stereocenters. The summed E-state index contributed by atoms with van der Waals surface area (Å²) in [7, 11) is 0. The lowest BCUT2D eigenvalue weighted by molar-refractivity contribution is 0.430. The Balaban J connectivity index is 2.07. The molecule has 0 amide bonds. The maximum atomic E-state index is 5.87. The van der Waals surface area contributed by atoms with E-state index in [0.717, 1.165) is 11.1 Å². The standard InChI is InChI=1S/C12H12N6O/c1-6-8(4-3-5-9(6)13)11-14-12(19-17-11)10-7(2)15-18-16-10/h3-5H,13H2,1-2H3,(H,15,16,18). The summed E-state index contributed by atoms with van der Waals surface area (Å²) >= 11 is 0. The number of hydrogen-bond acceptors (Lipinski definition) is 6. The van der Waals surface area contributed by atoms with E-state index >= 15 is 0 Å². The molecule has 2 heterocycles. The Hall–Kier alpha value is -2.70. The number of aryl methyl sites for hydroxylation is 1. The Bertz CT molecular complexity index is 729. The number of nitrogens with one attached hydrogen (secondary N) is 1. The minimum atomic E-state index is 0.336. The van der Waals surface area contributed by atoms with Gasteiger partial charge in [0.05, 0.1) is 5.69 Å². The van der Waals surface area contributed by atoms with Crippen molar-refractivity contribution >= 4 is 5.69 Å². The fourth-order valence-electron chi connectivity index (χ4n) is 1.81. The highest BCUT2D eigenvalue weighted by Crippen LogP contribution is 2.26. The van der Waals surface area contributed by atoms with Crippen molar-refractivity contribution in [1.82, 2.24) is 25.6 Å². The van der Waals surface area contributed by atoms with Crippen molar-refractivity contribution < 1.29 is 4.52 Å². The van der Waals surface area contributed by atoms with Crippen LogP contribution >= 0.6 is 0 Å². The average molecular weight is 256 g/mol. The van der Waals surface area contributed by atoms with Crippen LogP contribution in [0.4, 0.5) is 5.69 Å². The lowest BCUT2D eigenvalue weighted by atomic mass is 10.1. The summed E-state index contributed by atoms with van der Waals surface area (Å²) in [5, 5.41) is 14.4. The van der Waals surface area contributed by atoms with Gasteiger partial charge in [-0.15, -0.1) is 0 Å². The molecular formula is C12H12N6O. The lowest BCUT2D eigenvalue weighted by Crippen LogP contribution is -1.93. The summed E-state index contributed by atoms with van der Waals surface area (Å²) in [6.07, 6.45) is 0. The molecule has 2 aromatic heterocycles. The summed E-state index contributed by atoms with van der Waals surface area (Å²) in [6.45, 7) is 3.73. The fraction of sp³-hybridized carbons (Fsp3) is 0.167. The van der Waals surface area contributed by atoms with Crippen LogP contribution in [0.1, 0.15) is 11.3 Å². The molecule has 0 bridgehead atoms. The number of H-pyrrole nitrogens is 1. The first-order valence-electron chi connectivity index (χ1n) is 5.73. The summed E-state index contributed by atoms with van der Waals surface area (Å²) in [4.78, 5) is 4.33. The van der Waals surface area contributed by atoms with Gasteiger partial charge < -0.3 is 10.3 Å². The minimum Gasteiger partial charge on any atom is -0.398 e. The minimum absolute atomic E-state index is 0.336. The highest BCUT2D eigenvalue weighted by atomic mass is 16.5. The van der Waals surface area contributed by atoms with Crippen LogP contribution in [0.3, 0.4) is 0 Å². The van der Waals surface area contributed by atoms with Crippen LogP contribution in [0.5, 0.6) is 0 Å². The second kappa shape index (κ2) is 4.20. The van der Waals surface area contributed by atoms with Gasteiger partial charge in [0.15, 0.2) is 5.69 Å². The van der Waals surface area contributed by atoms with Gasteiger partial charge in [-0.3, -0.25) is 0 Å². The predicted octanol–water partition coefficient (Wildman–Crippen LogP) is 1.72. The Labute approximate surface area is 108 Å². The van der Waals surface area contributed by atoms with Gasteiger partial charge in [-0.2, -0.15) is 20.4 Å². The molecule has 0 aliphatic heterocycles. The fourth-order valence-corrected chi connectivity index (χ4v) is 1.81. The maximum absolute atomic E-state index is 5.87. The third-order valence-corrected chi connectivity index (χ3v) is 2.97. The van der Waals surface area contributed by atoms with E-state index in [4.69, 9.17) is 10.3 Å². The molecule has 3 aromatic rings. The number of rotatable bonds is 2. The molecule has 1 aromatic carbocycles. The predicted molar refractivity (Wildman–Crippen MR) is 69.0 cm³/mol. The molecule has 19 heavy (non-hydrogen) atoms. The summed E-state index contributed by atoms with van der Waals surface area (Å²) in [5.41, 5.74) is 9.60. The summed E-state index contributed by atoms with van der Waals surface area (Å²) in [6, 6.07) is 5.59. The van der Waals surface area contributed by atoms with Crippen molar-refractivity contribution in [3.8, 4) is 23.0 Å². The molecule has 0 fully saturated rings. The van der Waals surface area contributed by atoms with Gasteiger partial charge in [-0.25, -0.2) is 0 Å². The molecule has 0 saturated carbocycles. The smallest absolute Gasteiger partial charge is 0.280 e. The van der Waals surface area contributed by atoms with Gasteiger partial charge in [0.1, 0.15) is 0 Å². The number of aromatic amines is 1. The molecule has 0 atom stereocenters. The Morgan fingerprint density at radius 1 is 1.21 bits per heavy atom. The van der Waals surface area contributed by atoms with Gasteiger partial charge >= 0.3 is 0 Å². The second-order valence-corrected chi connectivity index (χ2v) is 4.20. The third-order valence-electron chi connectivity index (χ3n) is 2.97. The summed E-state index contributed by atoms with van der Waals surface area (Å²) < 4.78 is 5.21. The van der Waals surface area contributed by atoms with Crippen molar-refractivity contribution in [2.45, 2.75) is 13.8 Å². The van der Waals surface area contributed by atoms with Crippen LogP contribution in [-0.2, 0) is 0 Å². The topological polar surface area (TPSA) is 107 Å². The van der Waals surface area contributed by atoms with Crippen molar-refractivity contribution in [3.05, 3.63) is 29.5 Å². The molecule has 0 aliphatic carbocycles. The maximum Gasteiger partial charge on any atom is 0.280 e. The Morgan fingerprint density at radius 2 is 2.05 bits per heavy atom. The van der Waals surface area contributed by atoms with Crippen LogP contribution in [0, 0.1) is 13.8 Å². The Morgan fingerprint density at radius 3 is 2.79 bits per heavy atom. The van der Waals surface area contributed by atoms with E-state index < -0.39 is 0 Å². The number of aromatic nitrogens is 5. The third kappa shape index (κ3) is 1.85. The largest absolute Gasteiger partial charge is 0.398 e. The molecule has 3 rings (SSSR count). The van der Waals surface area contributed by atoms with Crippen LogP contribution in [0.15, 0.2) is 22.7 Å². The first-order chi connectivity index (χ1) is 9.16. The van der Waals surface area contributed by atoms with Crippen LogP contribution in [-0.4, -0.2) is 25.6 Å². The molecule has 0 aliphatic rings. The van der Waals surface area contributed by atoms with E-state index in [1.165, 1.54) is 0 Å². The van der Waals surface area contributed by atoms with Gasteiger partial charge in [-0.1, -0.05) is 17.3 Å². The van der Waals surface area contributed by atoms with Crippen LogP contribution in [0.2, 0.25) is 0 Å². The van der Waals surface area contributed by atoms with Crippen molar-refractivity contribution in [2.75, 3.05) is 5.73 Å². The van der Waals surface area contributed by atoms with E-state index in [2.05, 4.69) is 25.6 Å². The first-order valence-corrected chi connectivity index (χ1v) is 5.73. The molecule has 0 saturated heterocycles. The number of anilines is 1. The average Bonchev–Trinajstić information content (AvgIpc) is 3.01. The molecule has 7 heteroatoms. The molecule has 3 N–H and O–H groups in total. The normalized spacial score (nSPS) is 10.8. The van der Waals surface area contributed by atoms with E-state index in [1.54, 1.807) is 0 Å². The van der Waals surface area contributed by atoms with Crippen molar-refractivity contribution in [1.29, 1.82) is 0 Å². The zero-order valence-electron chi connectivity index (χ0n) is 10.5. The highest BCUT2D eigenvalue weighted by molar-refractivity contribution is 5.68. The zero-order chi connectivity index (χ0) is 13.4. The molecule has 0 radical (unpaired) electrons. The number of nitrogens with two attached hydrogens (primary N) is 1. The van der Waals surface area contributed by atoms with E-state index in [9.17, 15) is 0 Å². The van der Waals surface area contributed by atoms with Crippen molar-refractivity contribution in [2.24, 2.45) is 0 Å². The number of benzene rings is 1. The molecular weight excluding hydrogens is 244 g/mol. The van der Waals surface area contributed by atoms with Gasteiger partial charge in [-0.05, 0) is 25.5 Å². The number of nitrogens with zero attached hydrogens (tertiary/aromatic N) is 4. The van der Waals surface area contributed by atoms with Gasteiger partial charge in [0.2, 0.25) is 5.82 Å². The molecule has 96 valence electrons. The van der Waals surface area contributed by atoms with Crippen molar-refractivity contribution in [3.63, 3.8) is 0 Å². The second-order valence-electron chi connectivity index (χ2n) is 4.20. The van der Waals surface area contributed by atoms with E-state index in [-0.39, 0.29) is 0 Å². The van der Waals surface area contributed by atoms with Crippen LogP contribution in [0.25, 0.3) is 23.0 Å². The molecule has 0 spiro atoms. The van der Waals surface area contributed by atoms with Gasteiger partial charge in [0.25, 0.3) is 5.89 Å². The Kier molecular flexibility index (Phi) is 2.52. The number of hydrogen-bond donors (Lipinski definition) is 2. The number of nitrogen functional groups attached to an aromatic ring is 1. The quantitative estimate of drug-likeness (QED) is 0.676. The van der Waals surface area contributed by atoms with Crippen LogP contribution < -0.4 is 5.73 Å². The van der Waals surface area contributed by atoms with Gasteiger partial charge in [0, 0.05) is 11.3 Å². The monoisotopic (exact) mass is 256 g/mol. The van der Waals surface area contributed by atoms with E-state index in [0.29, 0.717) is 28.8 Å².